The van der Waals surface area contributed by atoms with Crippen molar-refractivity contribution in [2.24, 2.45) is 63.7 Å². The number of fused-ring (bicyclic) bond motifs is 1. The van der Waals surface area contributed by atoms with Crippen LogP contribution in [0, 0.1) is 134 Å². The van der Waals surface area contributed by atoms with Gasteiger partial charge in [0.2, 0.25) is 41.1 Å². The van der Waals surface area contributed by atoms with Gasteiger partial charge >= 0.3 is 6.17 Å². The van der Waals surface area contributed by atoms with Crippen molar-refractivity contribution in [2.45, 2.75) is 319 Å². The van der Waals surface area contributed by atoms with E-state index in [2.05, 4.69) is 53.9 Å². The molecule has 25 atom stereocenters. The zero-order chi connectivity index (χ0) is 105. The molecule has 1 aromatic heterocycles. The van der Waals surface area contributed by atoms with E-state index in [1.807, 2.05) is 36.7 Å². The number of anilines is 1. The average molecular weight is 2060 g/mol. The second-order valence-electron chi connectivity index (χ2n) is 43.9. The van der Waals surface area contributed by atoms with Crippen molar-refractivity contribution in [1.29, 1.82) is 26.3 Å². The van der Waals surface area contributed by atoms with Crippen molar-refractivity contribution in [3.05, 3.63) is 160 Å². The number of amides is 6. The second kappa shape index (κ2) is 47.9. The molecular weight excluding hydrogens is 1920 g/mol. The molecule has 7 saturated heterocycles. The van der Waals surface area contributed by atoms with Gasteiger partial charge in [-0.05, 0) is 260 Å². The highest BCUT2D eigenvalue weighted by atomic mass is 35.5. The maximum absolute atomic E-state index is 13.7. The van der Waals surface area contributed by atoms with Crippen LogP contribution in [-0.4, -0.2) is 262 Å². The lowest BCUT2D eigenvalue weighted by Crippen LogP contribution is -2.65. The molecule has 0 radical (unpaired) electrons. The molecule has 17 aliphatic rings. The number of likely N-dealkylation sites (tertiary alicyclic amines) is 6. The number of nitrogens with one attached hydrogen (secondary N) is 3. The van der Waals surface area contributed by atoms with E-state index in [1.165, 1.54) is 83.3 Å². The number of nitrogens with zero attached hydrogens (tertiary/aromatic N) is 16. The summed E-state index contributed by atoms with van der Waals surface area (Å²) in [5, 5.41) is 91.2. The summed E-state index contributed by atoms with van der Waals surface area (Å²) in [6.45, 7) is 20.9. The molecule has 17 fully saturated rings. The lowest BCUT2D eigenvalue weighted by Gasteiger charge is -2.61. The normalized spacial score (nSPS) is 31.9. The van der Waals surface area contributed by atoms with Gasteiger partial charge in [-0.2, -0.15) is 39.8 Å². The van der Waals surface area contributed by atoms with Crippen LogP contribution in [0.4, 0.5) is 33.3 Å². The molecule has 146 heavy (non-hydrogen) atoms. The largest absolute Gasteiger partial charge is 0.396 e. The summed E-state index contributed by atoms with van der Waals surface area (Å²) in [6.07, 6.45) is 22.6. The number of rotatable bonds is 22. The summed E-state index contributed by atoms with van der Waals surface area (Å²) in [6, 6.07) is 30.5. The van der Waals surface area contributed by atoms with Gasteiger partial charge in [0.1, 0.15) is 73.0 Å². The minimum absolute atomic E-state index is 0.0122. The number of benzene rings is 4. The maximum Gasteiger partial charge on any atom is 0.303 e. The fourth-order valence-corrected chi connectivity index (χ4v) is 26.7. The number of halogens is 6. The molecule has 8 bridgehead atoms. The summed E-state index contributed by atoms with van der Waals surface area (Å²) in [5.41, 5.74) is 13.5. The molecule has 22 rings (SSSR count). The SMILES string of the molecule is N#C[C@@H]1CCCN1C(=O)CNC12C[C@@H]3C[C@@H](CC(O)(C3)C1)C2.N#C[C@@H]1C[C@@H]2C[C@@H]2N1C(=O)[C@@H](N)C12C[C@@H]3C[C@@H](CC(O)(C3)C1)C2.N#C[C@@H]1C[C@H](F)CN1C(=O)CC[C@@H]1CC[C@H](Cn2cncn2)C1.N#C[C@@H]1C[C@H](F)CN1C(=O)[C@@H](N)C(c1ccc(F)cc1)c1ccc(F)cc1.O=S(=O)(O)c1ccccc1.[C-]#[N+][C@@H]1C[C@H](F)CN1C(=O)CCC(C)(C)CO.[C-]#[N+]c1ccc(N[C@@H]2CN[C@H](C(=O)N3CCC[C@H]3C#N)C2)cc1Cl. The Hall–Kier alpha value is -11.4. The predicted octanol–water partition coefficient (Wildman–Crippen LogP) is 12.2. The Bertz CT molecular complexity index is 5790. The smallest absolute Gasteiger partial charge is 0.303 e. The summed E-state index contributed by atoms with van der Waals surface area (Å²) >= 11 is 6.05. The first-order valence-electron chi connectivity index (χ1n) is 51.0. The quantitative estimate of drug-likeness (QED) is 0.0176. The van der Waals surface area contributed by atoms with E-state index in [-0.39, 0.29) is 139 Å². The van der Waals surface area contributed by atoms with Crippen molar-refractivity contribution in [3.8, 4) is 30.3 Å². The zero-order valence-electron chi connectivity index (χ0n) is 82.5. The Morgan fingerprint density at radius 1 is 0.630 bits per heavy atom. The third-order valence-corrected chi connectivity index (χ3v) is 33.6. The highest BCUT2D eigenvalue weighted by Crippen LogP contribution is 2.64. The van der Waals surface area contributed by atoms with E-state index in [4.69, 9.17) is 61.7 Å². The molecule has 8 heterocycles. The number of piperidine rings is 1. The zero-order valence-corrected chi connectivity index (χ0v) is 84.1. The molecule has 10 aliphatic carbocycles. The highest BCUT2D eigenvalue weighted by Gasteiger charge is 2.64. The molecule has 10 saturated carbocycles. The summed E-state index contributed by atoms with van der Waals surface area (Å²) in [5.74, 6) is 1.57. The fraction of sp³-hybridized carbons (Fsp3) is 0.632. The lowest BCUT2D eigenvalue weighted by atomic mass is 9.46. The van der Waals surface area contributed by atoms with Crippen LogP contribution in [0.25, 0.3) is 9.69 Å². The Morgan fingerprint density at radius 3 is 1.73 bits per heavy atom. The molecule has 5 aromatic rings. The number of nitriles is 5. The van der Waals surface area contributed by atoms with Gasteiger partial charge in [0.25, 0.3) is 10.1 Å². The molecule has 33 nitrogen and oxygen atoms in total. The monoisotopic (exact) mass is 2050 g/mol. The number of carbonyl (C=O) groups is 6. The number of aliphatic hydroxyl groups is 3. The number of hydrogen-bond donors (Lipinski definition) is 9. The molecule has 4 aromatic carbocycles. The van der Waals surface area contributed by atoms with Gasteiger partial charge in [0.15, 0.2) is 0 Å². The average Bonchev–Trinajstić information content (AvgIpc) is 1.34. The van der Waals surface area contributed by atoms with E-state index in [0.29, 0.717) is 115 Å². The predicted molar refractivity (Wildman–Crippen MR) is 527 cm³/mol. The van der Waals surface area contributed by atoms with E-state index < -0.39 is 93.6 Å². The first-order chi connectivity index (χ1) is 69.6. The number of alkyl halides is 3. The van der Waals surface area contributed by atoms with Crippen LogP contribution in [0.2, 0.25) is 5.02 Å². The molecule has 40 heteroatoms. The molecule has 782 valence electrons. The molecule has 4 unspecified atom stereocenters. The van der Waals surface area contributed by atoms with Crippen LogP contribution in [0.3, 0.4) is 0 Å². The molecule has 11 N–H and O–H groups in total. The number of carbonyl (C=O) groups excluding carboxylic acids is 6. The number of hydrogen-bond acceptors (Lipinski definition) is 23. The van der Waals surface area contributed by atoms with Gasteiger partial charge in [0.05, 0.1) is 104 Å². The number of aliphatic hydroxyl groups excluding tert-OH is 1. The van der Waals surface area contributed by atoms with Gasteiger partial charge in [-0.15, -0.1) is 0 Å². The van der Waals surface area contributed by atoms with Gasteiger partial charge in [-0.25, -0.2) is 38.4 Å². The minimum Gasteiger partial charge on any atom is -0.396 e. The summed E-state index contributed by atoms with van der Waals surface area (Å²) in [7, 11) is -4.00. The van der Waals surface area contributed by atoms with Gasteiger partial charge in [0, 0.05) is 92.7 Å². The van der Waals surface area contributed by atoms with Gasteiger partial charge in [-0.1, -0.05) is 80.4 Å². The number of nitrogens with two attached hydrogens (primary N) is 2. The van der Waals surface area contributed by atoms with E-state index in [1.54, 1.807) is 57.7 Å². The topological polar surface area (TPSA) is 483 Å². The molecule has 0 spiro atoms. The van der Waals surface area contributed by atoms with Crippen molar-refractivity contribution in [2.75, 3.05) is 57.7 Å². The van der Waals surface area contributed by atoms with Crippen molar-refractivity contribution in [3.63, 3.8) is 0 Å². The Labute approximate surface area is 855 Å². The minimum atomic E-state index is -4.00. The van der Waals surface area contributed by atoms with Gasteiger partial charge in [-0.3, -0.25) is 47.7 Å². The summed E-state index contributed by atoms with van der Waals surface area (Å²) in [4.78, 5) is 94.8. The Morgan fingerprint density at radius 2 is 1.18 bits per heavy atom. The first kappa shape index (κ1) is 110. The molecule has 7 aliphatic heterocycles. The Balaban J connectivity index is 0.000000136. The molecule has 6 amide bonds. The fourth-order valence-electron chi connectivity index (χ4n) is 26.0. The van der Waals surface area contributed by atoms with Crippen LogP contribution in [0.15, 0.2) is 115 Å². The first-order valence-corrected chi connectivity index (χ1v) is 52.9. The lowest BCUT2D eigenvalue weighted by molar-refractivity contribution is -0.177. The standard InChI is InChI=1S/C20H18F3N3O.C18H25N3O2.C17H18ClN5O.C17H25N3O2.C16H22FN5O.C12H19FN2O2.C6H6O3S/c21-14-5-1-12(2-6-14)18(13-3-7-15(22)8-4-13)19(25)20(27)26-11-16(23)9-17(26)10-24;19-8-13-2-12-3-14(12)21(13)16(22)15(20)17-4-10-1-11(5-17)7-18(23,6-10)9-17;1-20-15-5-4-11(7-14(15)18)22-12-8-16(21-10-12)17(24)23-6-2-3-13(23)9-19;18-9-14-2-1-3-20(14)15(21)10-19-16-5-12-4-13(6-16)8-17(22,7-12)11-16;17-14-6-15(7-18)22(9-14)16(23)4-3-12-1-2-13(5-12)8-21-11-19-10-20-21;1-12(2,8-16)5-4-11(17)15-7-9(13)6-10(15)14-3;7-10(8,9)6-4-2-1-3-5-6/h1-8,16-19H,9,11,25H2;10-15,23H,1-7,9,20H2;4-5,7,12-13,16,21-22H,2-3,6,8,10H2;12-14,19,22H,1-8,10-11H2;10-15H,1-6,8-9H2;9-10,16H,4-8H2,1-2H3;1-5H,(H,7,8,9)/t16-,17-,19-;10-,11+,12-,13+,14+,15-,17?,18?;12-,13-,16-;12-,13+,14-,16?,17?;12-,13-,14-,15-;9-,10-;/m010000./s1. The van der Waals surface area contributed by atoms with Gasteiger partial charge < -0.3 is 67.2 Å². The Kier molecular flexibility index (Phi) is 36.2. The van der Waals surface area contributed by atoms with Crippen molar-refractivity contribution in [1.82, 2.24) is 54.8 Å². The highest BCUT2D eigenvalue weighted by molar-refractivity contribution is 7.85. The van der Waals surface area contributed by atoms with Crippen LogP contribution in [-0.2, 0) is 45.4 Å². The van der Waals surface area contributed by atoms with Crippen LogP contribution < -0.4 is 27.4 Å². The third kappa shape index (κ3) is 27.2. The summed E-state index contributed by atoms with van der Waals surface area (Å²) < 4.78 is 98.0. The van der Waals surface area contributed by atoms with Crippen LogP contribution in [0.1, 0.15) is 217 Å². The number of aromatic nitrogens is 3. The molecular formula is C106H133ClF5N21O12S. The van der Waals surface area contributed by atoms with Crippen molar-refractivity contribution >= 4 is 68.5 Å². The van der Waals surface area contributed by atoms with E-state index in [9.17, 15) is 79.9 Å². The third-order valence-electron chi connectivity index (χ3n) is 32.4. The van der Waals surface area contributed by atoms with Crippen LogP contribution in [0.5, 0.6) is 0 Å². The second-order valence-corrected chi connectivity index (χ2v) is 45.8. The van der Waals surface area contributed by atoms with Crippen LogP contribution >= 0.6 is 11.6 Å². The maximum atomic E-state index is 13.7. The van der Waals surface area contributed by atoms with E-state index >= 15 is 0 Å². The van der Waals surface area contributed by atoms with E-state index in [0.717, 1.165) is 139 Å². The van der Waals surface area contributed by atoms with Crippen molar-refractivity contribution < 1.29 is 79.0 Å².